The first-order valence-electron chi connectivity index (χ1n) is 13.6. The van der Waals surface area contributed by atoms with Gasteiger partial charge in [-0.05, 0) is 68.6 Å². The van der Waals surface area contributed by atoms with Gasteiger partial charge >= 0.3 is 0 Å². The van der Waals surface area contributed by atoms with Gasteiger partial charge < -0.3 is 31.5 Å². The standard InChI is InChI=1S/C30H32N4O8/c1-4-5-20(36)33-19-9-6-13(12-32-19)15-7-8-18(35)22-16(15)10-14-11-17-24(34(2)3)26(38)23(29(31)41)28(40)30(17,42)27(39)21(14)25(22)37/h6-9,12,14,17,24,35,37,40,42H,4-5,10-11H2,1-3H3,(H2,31,41)(H,32,33,36)/t14-,17-,24?,30+/m0/s1. The average Bonchev–Trinajstić information content (AvgIpc) is 2.91. The molecule has 5 rings (SSSR count). The molecule has 7 N–H and O–H groups in total. The average molecular weight is 577 g/mol. The summed E-state index contributed by atoms with van der Waals surface area (Å²) >= 11 is 0. The fourth-order valence-corrected chi connectivity index (χ4v) is 6.57. The van der Waals surface area contributed by atoms with Gasteiger partial charge in [0.1, 0.15) is 28.7 Å². The van der Waals surface area contributed by atoms with E-state index in [1.807, 2.05) is 6.92 Å². The zero-order chi connectivity index (χ0) is 30.7. The van der Waals surface area contributed by atoms with Crippen LogP contribution in [-0.2, 0) is 25.6 Å². The summed E-state index contributed by atoms with van der Waals surface area (Å²) in [6.07, 6.45) is 2.73. The number of ketones is 2. The molecule has 1 aromatic heterocycles. The number of carbonyl (C=O) groups is 4. The predicted octanol–water partition coefficient (Wildman–Crippen LogP) is 1.76. The Morgan fingerprint density at radius 1 is 1.14 bits per heavy atom. The SMILES string of the molecule is CCCC(=O)Nc1ccc(-c2ccc(O)c3c2C[C@H]2C[C@H]4C(N(C)C)C(=O)C(C(N)=O)=C(O)[C@]4(O)C(=O)C2=C3O)cn1. The number of aromatic hydroxyl groups is 1. The van der Waals surface area contributed by atoms with Gasteiger partial charge in [0.25, 0.3) is 5.91 Å². The number of hydrogen-bond donors (Lipinski definition) is 6. The van der Waals surface area contributed by atoms with Crippen molar-refractivity contribution in [2.45, 2.75) is 44.2 Å². The van der Waals surface area contributed by atoms with Crippen molar-refractivity contribution in [2.24, 2.45) is 17.6 Å². The van der Waals surface area contributed by atoms with E-state index in [1.54, 1.807) is 38.5 Å². The third kappa shape index (κ3) is 4.25. The lowest BCUT2D eigenvalue weighted by molar-refractivity contribution is -0.153. The van der Waals surface area contributed by atoms with E-state index < -0.39 is 58.0 Å². The molecule has 0 spiro atoms. The molecule has 42 heavy (non-hydrogen) atoms. The summed E-state index contributed by atoms with van der Waals surface area (Å²) < 4.78 is 0. The van der Waals surface area contributed by atoms with Crippen molar-refractivity contribution in [1.82, 2.24) is 9.88 Å². The number of amides is 2. The first-order valence-corrected chi connectivity index (χ1v) is 13.6. The van der Waals surface area contributed by atoms with Gasteiger partial charge in [-0.1, -0.05) is 13.0 Å². The highest BCUT2D eigenvalue weighted by molar-refractivity contribution is 6.24. The van der Waals surface area contributed by atoms with Gasteiger partial charge in [-0.3, -0.25) is 24.1 Å². The normalized spacial score (nSPS) is 25.2. The van der Waals surface area contributed by atoms with Crippen LogP contribution in [0.4, 0.5) is 5.82 Å². The number of fused-ring (bicyclic) bond motifs is 3. The van der Waals surface area contributed by atoms with Crippen molar-refractivity contribution >= 4 is 35.0 Å². The number of primary amides is 1. The van der Waals surface area contributed by atoms with Gasteiger partial charge in [0, 0.05) is 29.7 Å². The Balaban J connectivity index is 1.63. The van der Waals surface area contributed by atoms with Crippen molar-refractivity contribution in [3.05, 3.63) is 58.5 Å². The molecule has 0 saturated heterocycles. The van der Waals surface area contributed by atoms with E-state index >= 15 is 0 Å². The summed E-state index contributed by atoms with van der Waals surface area (Å²) in [6, 6.07) is 5.22. The molecular weight excluding hydrogens is 544 g/mol. The van der Waals surface area contributed by atoms with Gasteiger partial charge in [-0.2, -0.15) is 0 Å². The summed E-state index contributed by atoms with van der Waals surface area (Å²) in [6.45, 7) is 1.89. The number of phenolic OH excluding ortho intramolecular Hbond substituents is 1. The molecule has 0 aliphatic heterocycles. The van der Waals surface area contributed by atoms with Crippen LogP contribution in [0.5, 0.6) is 5.75 Å². The third-order valence-electron chi connectivity index (χ3n) is 8.42. The van der Waals surface area contributed by atoms with Gasteiger partial charge in [0.2, 0.25) is 11.7 Å². The second-order valence-corrected chi connectivity index (χ2v) is 11.2. The molecule has 4 atom stereocenters. The van der Waals surface area contributed by atoms with E-state index in [0.717, 1.165) is 0 Å². The quantitative estimate of drug-likeness (QED) is 0.275. The van der Waals surface area contributed by atoms with Crippen LogP contribution in [0, 0.1) is 11.8 Å². The van der Waals surface area contributed by atoms with E-state index in [0.29, 0.717) is 35.3 Å². The fraction of sp³-hybridized carbons (Fsp3) is 0.367. The maximum absolute atomic E-state index is 14.0. The Hall–Kier alpha value is -4.55. The number of nitrogens with one attached hydrogen (secondary N) is 1. The van der Waals surface area contributed by atoms with Crippen molar-refractivity contribution in [3.8, 4) is 16.9 Å². The molecule has 3 aliphatic carbocycles. The minimum absolute atomic E-state index is 0.0101. The molecule has 1 saturated carbocycles. The van der Waals surface area contributed by atoms with Crippen LogP contribution in [0.2, 0.25) is 0 Å². The Kier molecular flexibility index (Phi) is 7.15. The molecule has 220 valence electrons. The number of nitrogens with zero attached hydrogens (tertiary/aromatic N) is 2. The zero-order valence-electron chi connectivity index (χ0n) is 23.3. The number of aliphatic hydroxyl groups is 3. The van der Waals surface area contributed by atoms with Crippen molar-refractivity contribution in [3.63, 3.8) is 0 Å². The van der Waals surface area contributed by atoms with Crippen LogP contribution in [0.25, 0.3) is 16.9 Å². The minimum Gasteiger partial charge on any atom is -0.508 e. The highest BCUT2D eigenvalue weighted by atomic mass is 16.3. The molecule has 0 bridgehead atoms. The number of carbonyl (C=O) groups excluding carboxylic acids is 4. The smallest absolute Gasteiger partial charge is 0.255 e. The lowest BCUT2D eigenvalue weighted by Crippen LogP contribution is -2.65. The topological polar surface area (TPSA) is 203 Å². The number of rotatable bonds is 6. The van der Waals surface area contributed by atoms with Crippen LogP contribution in [0.3, 0.4) is 0 Å². The third-order valence-corrected chi connectivity index (χ3v) is 8.42. The second-order valence-electron chi connectivity index (χ2n) is 11.2. The summed E-state index contributed by atoms with van der Waals surface area (Å²) in [4.78, 5) is 57.1. The van der Waals surface area contributed by atoms with Gasteiger partial charge in [-0.25, -0.2) is 4.98 Å². The molecule has 1 unspecified atom stereocenters. The fourth-order valence-electron chi connectivity index (χ4n) is 6.57. The summed E-state index contributed by atoms with van der Waals surface area (Å²) in [7, 11) is 3.09. The number of phenols is 1. The second kappa shape index (κ2) is 10.4. The van der Waals surface area contributed by atoms with Gasteiger partial charge in [-0.15, -0.1) is 0 Å². The molecule has 0 radical (unpaired) electrons. The zero-order valence-corrected chi connectivity index (χ0v) is 23.3. The van der Waals surface area contributed by atoms with Gasteiger partial charge in [0.05, 0.1) is 11.6 Å². The van der Waals surface area contributed by atoms with E-state index in [9.17, 15) is 39.6 Å². The van der Waals surface area contributed by atoms with Crippen molar-refractivity contribution in [1.29, 1.82) is 0 Å². The largest absolute Gasteiger partial charge is 0.508 e. The van der Waals surface area contributed by atoms with Crippen LogP contribution in [0.1, 0.15) is 37.3 Å². The number of aliphatic hydroxyl groups excluding tert-OH is 2. The van der Waals surface area contributed by atoms with Crippen LogP contribution < -0.4 is 11.1 Å². The molecule has 1 heterocycles. The van der Waals surface area contributed by atoms with E-state index in [4.69, 9.17) is 5.73 Å². The lowest BCUT2D eigenvalue weighted by atomic mass is 9.57. The molecule has 2 aromatic rings. The molecule has 2 amide bonds. The maximum atomic E-state index is 14.0. The molecular formula is C30H32N4O8. The summed E-state index contributed by atoms with van der Waals surface area (Å²) in [5.41, 5.74) is 3.33. The van der Waals surface area contributed by atoms with E-state index in [1.165, 1.54) is 11.0 Å². The lowest BCUT2D eigenvalue weighted by Gasteiger charge is -2.50. The molecule has 1 aromatic carbocycles. The first-order chi connectivity index (χ1) is 19.8. The Morgan fingerprint density at radius 2 is 1.86 bits per heavy atom. The number of nitrogens with two attached hydrogens (primary N) is 1. The van der Waals surface area contributed by atoms with Crippen molar-refractivity contribution in [2.75, 3.05) is 19.4 Å². The summed E-state index contributed by atoms with van der Waals surface area (Å²) in [5, 5.41) is 47.6. The highest BCUT2D eigenvalue weighted by Crippen LogP contribution is 2.53. The van der Waals surface area contributed by atoms with E-state index in [2.05, 4.69) is 10.3 Å². The Bertz CT molecular complexity index is 1590. The molecule has 3 aliphatic rings. The van der Waals surface area contributed by atoms with Gasteiger partial charge in [0.15, 0.2) is 11.4 Å². The number of anilines is 1. The van der Waals surface area contributed by atoms with E-state index in [-0.39, 0.29) is 35.6 Å². The number of hydrogen-bond acceptors (Lipinski definition) is 10. The molecule has 12 heteroatoms. The highest BCUT2D eigenvalue weighted by Gasteiger charge is 2.64. The van der Waals surface area contributed by atoms with Crippen molar-refractivity contribution < 1.29 is 39.6 Å². The van der Waals surface area contributed by atoms with Crippen LogP contribution in [0.15, 0.2) is 47.4 Å². The number of pyridine rings is 1. The molecule has 1 fully saturated rings. The number of Topliss-reactive ketones (excluding diaryl/α,β-unsaturated/α-hetero) is 2. The number of aromatic nitrogens is 1. The number of benzene rings is 1. The van der Waals surface area contributed by atoms with Crippen LogP contribution in [-0.4, -0.2) is 79.4 Å². The number of likely N-dealkylation sites (N-methyl/N-ethyl adjacent to an activating group) is 1. The first kappa shape index (κ1) is 29.0. The Morgan fingerprint density at radius 3 is 2.45 bits per heavy atom. The summed E-state index contributed by atoms with van der Waals surface area (Å²) in [5.74, 6) is -6.83. The monoisotopic (exact) mass is 576 g/mol. The van der Waals surface area contributed by atoms with Crippen LogP contribution >= 0.6 is 0 Å². The predicted molar refractivity (Wildman–Crippen MR) is 151 cm³/mol. The maximum Gasteiger partial charge on any atom is 0.255 e. The minimum atomic E-state index is -2.69. The molecule has 12 nitrogen and oxygen atoms in total. The Labute approximate surface area is 241 Å².